The number of hydrogen-bond donors (Lipinski definition) is 0. The smallest absolute Gasteiger partial charge is 0.156 e. The minimum absolute atomic E-state index is 0.927. The Hall–Kier alpha value is -4.18. The van der Waals surface area contributed by atoms with Crippen LogP contribution in [0.3, 0.4) is 0 Å². The predicted octanol–water partition coefficient (Wildman–Crippen LogP) is 8.63. The fourth-order valence-corrected chi connectivity index (χ4v) is 7.03. The summed E-state index contributed by atoms with van der Waals surface area (Å²) < 4.78 is 0. The normalized spacial score (nSPS) is 15.4. The molecule has 0 unspecified atom stereocenters. The first-order chi connectivity index (χ1) is 20.0. The van der Waals surface area contributed by atoms with E-state index in [1.54, 1.807) is 0 Å². The third kappa shape index (κ3) is 5.38. The third-order valence-corrected chi connectivity index (χ3v) is 8.39. The molecule has 216 valence electrons. The number of rotatable bonds is 4. The van der Waals surface area contributed by atoms with E-state index in [0.717, 1.165) is 26.2 Å². The summed E-state index contributed by atoms with van der Waals surface area (Å²) in [6, 6.07) is 27.8. The molecule has 4 nitrogen and oxygen atoms in total. The van der Waals surface area contributed by atoms with Gasteiger partial charge >= 0.3 is 0 Å². The minimum atomic E-state index is 0.927. The fraction of sp³-hybridized carbons (Fsp3) is 0.316. The van der Waals surface area contributed by atoms with Gasteiger partial charge in [0.2, 0.25) is 0 Å². The van der Waals surface area contributed by atoms with Crippen molar-refractivity contribution in [3.8, 4) is 0 Å². The second kappa shape index (κ2) is 10.9. The molecule has 2 aliphatic rings. The van der Waals surface area contributed by atoms with E-state index in [1.165, 1.54) is 78.9 Å². The predicted molar refractivity (Wildman–Crippen MR) is 180 cm³/mol. The fourth-order valence-electron chi connectivity index (χ4n) is 7.03. The summed E-state index contributed by atoms with van der Waals surface area (Å²) in [7, 11) is 0. The van der Waals surface area contributed by atoms with Crippen LogP contribution in [0.15, 0.2) is 84.4 Å². The van der Waals surface area contributed by atoms with Crippen LogP contribution in [-0.4, -0.2) is 26.2 Å². The summed E-state index contributed by atoms with van der Waals surface area (Å²) >= 11 is 0. The van der Waals surface area contributed by atoms with Gasteiger partial charge in [-0.1, -0.05) is 24.3 Å². The average molecular weight is 557 g/mol. The zero-order valence-electron chi connectivity index (χ0n) is 26.5. The quantitative estimate of drug-likeness (QED) is 0.249. The molecule has 4 aromatic carbocycles. The zero-order valence-corrected chi connectivity index (χ0v) is 26.5. The number of hydrogen-bond acceptors (Lipinski definition) is 4. The van der Waals surface area contributed by atoms with Gasteiger partial charge in [-0.15, -0.1) is 0 Å². The molecule has 2 aliphatic heterocycles. The third-order valence-electron chi connectivity index (χ3n) is 8.39. The highest BCUT2D eigenvalue weighted by molar-refractivity contribution is 5.74. The van der Waals surface area contributed by atoms with Crippen molar-refractivity contribution in [2.45, 2.75) is 55.4 Å². The van der Waals surface area contributed by atoms with Crippen LogP contribution in [0.1, 0.15) is 44.5 Å². The molecule has 4 aromatic rings. The van der Waals surface area contributed by atoms with E-state index in [0.29, 0.717) is 0 Å². The van der Waals surface area contributed by atoms with E-state index >= 15 is 0 Å². The molecule has 42 heavy (non-hydrogen) atoms. The van der Waals surface area contributed by atoms with E-state index in [1.807, 2.05) is 0 Å². The Labute approximate surface area is 252 Å². The highest BCUT2D eigenvalue weighted by atomic mass is 15.5. The van der Waals surface area contributed by atoms with Crippen molar-refractivity contribution in [1.29, 1.82) is 0 Å². The van der Waals surface area contributed by atoms with Crippen LogP contribution >= 0.6 is 0 Å². The lowest BCUT2D eigenvalue weighted by atomic mass is 10.1. The van der Waals surface area contributed by atoms with Crippen LogP contribution in [0.5, 0.6) is 0 Å². The molecule has 0 N–H and O–H groups in total. The lowest BCUT2D eigenvalue weighted by Gasteiger charge is -2.34. The SMILES string of the molecule is Cc1cc(C)cc(N2CCN(c3cc(C)cc(C)c3)C2=C2N(c3cc(C)cc(C)c3)CCN2c2cc(C)cc(C)c2)c1. The van der Waals surface area contributed by atoms with Gasteiger partial charge in [-0.2, -0.15) is 0 Å². The molecule has 0 aliphatic carbocycles. The Morgan fingerprint density at radius 3 is 0.619 bits per heavy atom. The number of aryl methyl sites for hydroxylation is 8. The second-order valence-electron chi connectivity index (χ2n) is 12.6. The van der Waals surface area contributed by atoms with Gasteiger partial charge in [-0.3, -0.25) is 0 Å². The van der Waals surface area contributed by atoms with Gasteiger partial charge in [0.1, 0.15) is 0 Å². The standard InChI is InChI=1S/C38H44N4/c1-25-13-26(2)18-33(17-25)39-9-10-40(34-19-27(3)14-28(4)20-34)37(39)38-41(35-21-29(5)15-30(6)22-35)11-12-42(38)36-23-31(7)16-32(8)24-36/h13-24H,9-12H2,1-8H3. The molecule has 6 rings (SSSR count). The molecule has 4 heteroatoms. The summed E-state index contributed by atoms with van der Waals surface area (Å²) in [6.07, 6.45) is 0. The first-order valence-electron chi connectivity index (χ1n) is 15.2. The Balaban J connectivity index is 1.65. The molecule has 0 bridgehead atoms. The summed E-state index contributed by atoms with van der Waals surface area (Å²) in [4.78, 5) is 10.2. The van der Waals surface area contributed by atoms with Gasteiger partial charge in [0, 0.05) is 48.9 Å². The molecule has 2 saturated heterocycles. The van der Waals surface area contributed by atoms with E-state index < -0.39 is 0 Å². The Morgan fingerprint density at radius 1 is 0.286 bits per heavy atom. The Morgan fingerprint density at radius 2 is 0.452 bits per heavy atom. The molecule has 0 radical (unpaired) electrons. The van der Waals surface area contributed by atoms with Crippen LogP contribution in [0, 0.1) is 55.4 Å². The molecular formula is C38H44N4. The van der Waals surface area contributed by atoms with Crippen molar-refractivity contribution in [2.24, 2.45) is 0 Å². The van der Waals surface area contributed by atoms with E-state index in [2.05, 4.69) is 148 Å². The monoisotopic (exact) mass is 556 g/mol. The first kappa shape index (κ1) is 28.0. The average Bonchev–Trinajstić information content (AvgIpc) is 3.51. The second-order valence-corrected chi connectivity index (χ2v) is 12.6. The zero-order chi connectivity index (χ0) is 29.7. The van der Waals surface area contributed by atoms with Gasteiger partial charge in [0.25, 0.3) is 0 Å². The van der Waals surface area contributed by atoms with Gasteiger partial charge in [-0.05, 0) is 148 Å². The van der Waals surface area contributed by atoms with E-state index in [4.69, 9.17) is 0 Å². The Bertz CT molecular complexity index is 1370. The summed E-state index contributed by atoms with van der Waals surface area (Å²) in [5.41, 5.74) is 15.4. The molecule has 2 heterocycles. The van der Waals surface area contributed by atoms with E-state index in [9.17, 15) is 0 Å². The molecule has 0 saturated carbocycles. The van der Waals surface area contributed by atoms with Crippen molar-refractivity contribution < 1.29 is 0 Å². The van der Waals surface area contributed by atoms with Crippen LogP contribution in [-0.2, 0) is 0 Å². The van der Waals surface area contributed by atoms with Crippen molar-refractivity contribution in [1.82, 2.24) is 0 Å². The minimum Gasteiger partial charge on any atom is -0.323 e. The molecule has 2 fully saturated rings. The van der Waals surface area contributed by atoms with Crippen LogP contribution < -0.4 is 19.6 Å². The maximum atomic E-state index is 2.56. The van der Waals surface area contributed by atoms with Crippen molar-refractivity contribution >= 4 is 22.7 Å². The van der Waals surface area contributed by atoms with E-state index in [-0.39, 0.29) is 0 Å². The molecular weight excluding hydrogens is 512 g/mol. The maximum Gasteiger partial charge on any atom is 0.156 e. The number of nitrogens with zero attached hydrogens (tertiary/aromatic N) is 4. The van der Waals surface area contributed by atoms with Gasteiger partial charge in [0.15, 0.2) is 11.6 Å². The largest absolute Gasteiger partial charge is 0.323 e. The molecule has 0 aromatic heterocycles. The van der Waals surface area contributed by atoms with Gasteiger partial charge in [0.05, 0.1) is 0 Å². The van der Waals surface area contributed by atoms with Gasteiger partial charge in [-0.25, -0.2) is 0 Å². The number of anilines is 4. The van der Waals surface area contributed by atoms with Crippen LogP contribution in [0.25, 0.3) is 0 Å². The van der Waals surface area contributed by atoms with Gasteiger partial charge < -0.3 is 19.6 Å². The highest BCUT2D eigenvalue weighted by Gasteiger charge is 2.39. The Kier molecular flexibility index (Phi) is 7.26. The molecule has 0 atom stereocenters. The summed E-state index contributed by atoms with van der Waals surface area (Å²) in [5.74, 6) is 2.50. The van der Waals surface area contributed by atoms with Crippen molar-refractivity contribution in [2.75, 3.05) is 45.8 Å². The van der Waals surface area contributed by atoms with Crippen LogP contribution in [0.2, 0.25) is 0 Å². The highest BCUT2D eigenvalue weighted by Crippen LogP contribution is 2.41. The van der Waals surface area contributed by atoms with Crippen molar-refractivity contribution in [3.05, 3.63) is 129 Å². The summed E-state index contributed by atoms with van der Waals surface area (Å²) in [5, 5.41) is 0. The first-order valence-corrected chi connectivity index (χ1v) is 15.2. The lowest BCUT2D eigenvalue weighted by Crippen LogP contribution is -2.34. The molecule has 0 amide bonds. The van der Waals surface area contributed by atoms with Crippen molar-refractivity contribution in [3.63, 3.8) is 0 Å². The van der Waals surface area contributed by atoms with Crippen LogP contribution in [0.4, 0.5) is 22.7 Å². The summed E-state index contributed by atoms with van der Waals surface area (Å²) in [6.45, 7) is 21.4. The molecule has 0 spiro atoms. The topological polar surface area (TPSA) is 13.0 Å². The lowest BCUT2D eigenvalue weighted by molar-refractivity contribution is 0.962. The maximum absolute atomic E-state index is 2.56. The number of benzene rings is 4.